The molecule has 3 aromatic rings. The van der Waals surface area contributed by atoms with E-state index in [0.717, 1.165) is 22.5 Å². The maximum absolute atomic E-state index is 11.8. The number of aromatic nitrogens is 2. The standard InChI is InChI=1S/C21H23N5O2S2/c1-29-21(22)23-12-15-8-16(13-30(2,27)28)10-18(9-15)26-20-11-19(24-14-25-20)17-6-4-3-5-7-17/h3-11,14H,12-13H2,1-2H3,(H2,22,23)(H,24,25,26). The predicted molar refractivity (Wildman–Crippen MR) is 125 cm³/mol. The van der Waals surface area contributed by atoms with E-state index in [4.69, 9.17) is 5.73 Å². The summed E-state index contributed by atoms with van der Waals surface area (Å²) in [5.41, 5.74) is 9.80. The van der Waals surface area contributed by atoms with Gasteiger partial charge in [0.1, 0.15) is 12.1 Å². The van der Waals surface area contributed by atoms with Crippen LogP contribution in [0.15, 0.2) is 65.9 Å². The molecule has 7 nitrogen and oxygen atoms in total. The van der Waals surface area contributed by atoms with Crippen LogP contribution in [0.1, 0.15) is 11.1 Å². The zero-order chi connectivity index (χ0) is 21.6. The zero-order valence-electron chi connectivity index (χ0n) is 16.7. The van der Waals surface area contributed by atoms with Crippen LogP contribution in [0, 0.1) is 0 Å². The molecule has 0 spiro atoms. The molecular formula is C21H23N5O2S2. The van der Waals surface area contributed by atoms with Gasteiger partial charge in [0, 0.05) is 23.6 Å². The minimum atomic E-state index is -3.18. The number of nitrogens with zero attached hydrogens (tertiary/aromatic N) is 3. The van der Waals surface area contributed by atoms with Gasteiger partial charge < -0.3 is 11.1 Å². The van der Waals surface area contributed by atoms with E-state index in [-0.39, 0.29) is 5.75 Å². The van der Waals surface area contributed by atoms with Crippen molar-refractivity contribution in [3.63, 3.8) is 0 Å². The van der Waals surface area contributed by atoms with Gasteiger partial charge in [-0.2, -0.15) is 0 Å². The van der Waals surface area contributed by atoms with Gasteiger partial charge in [-0.3, -0.25) is 4.99 Å². The maximum Gasteiger partial charge on any atom is 0.153 e. The summed E-state index contributed by atoms with van der Waals surface area (Å²) in [7, 11) is -3.18. The number of thioether (sulfide) groups is 1. The second-order valence-electron chi connectivity index (χ2n) is 6.75. The van der Waals surface area contributed by atoms with Crippen LogP contribution in [0.4, 0.5) is 11.5 Å². The van der Waals surface area contributed by atoms with Crippen LogP contribution < -0.4 is 11.1 Å². The Labute approximate surface area is 180 Å². The summed E-state index contributed by atoms with van der Waals surface area (Å²) in [6.45, 7) is 0.359. The molecule has 1 aromatic heterocycles. The van der Waals surface area contributed by atoms with Crippen molar-refractivity contribution in [2.45, 2.75) is 12.3 Å². The molecule has 0 saturated heterocycles. The molecule has 0 radical (unpaired) electrons. The number of hydrogen-bond acceptors (Lipinski definition) is 7. The lowest BCUT2D eigenvalue weighted by Crippen LogP contribution is -2.06. The van der Waals surface area contributed by atoms with Crippen molar-refractivity contribution in [3.8, 4) is 11.3 Å². The molecular weight excluding hydrogens is 418 g/mol. The zero-order valence-corrected chi connectivity index (χ0v) is 18.4. The normalized spacial score (nSPS) is 12.0. The Morgan fingerprint density at radius 2 is 1.83 bits per heavy atom. The number of anilines is 2. The van der Waals surface area contributed by atoms with E-state index < -0.39 is 9.84 Å². The molecule has 9 heteroatoms. The van der Waals surface area contributed by atoms with Gasteiger partial charge in [0.05, 0.1) is 18.0 Å². The minimum Gasteiger partial charge on any atom is -0.379 e. The Morgan fingerprint density at radius 1 is 1.10 bits per heavy atom. The summed E-state index contributed by atoms with van der Waals surface area (Å²) in [6.07, 6.45) is 4.56. The molecule has 0 amide bonds. The fourth-order valence-electron chi connectivity index (χ4n) is 2.89. The summed E-state index contributed by atoms with van der Waals surface area (Å²) in [5.74, 6) is 0.550. The van der Waals surface area contributed by atoms with Gasteiger partial charge in [0.15, 0.2) is 15.0 Å². The lowest BCUT2D eigenvalue weighted by Gasteiger charge is -2.11. The number of rotatable bonds is 7. The highest BCUT2D eigenvalue weighted by molar-refractivity contribution is 8.13. The first-order valence-corrected chi connectivity index (χ1v) is 12.4. The molecule has 1 heterocycles. The van der Waals surface area contributed by atoms with Crippen molar-refractivity contribution in [2.24, 2.45) is 10.7 Å². The van der Waals surface area contributed by atoms with E-state index >= 15 is 0 Å². The lowest BCUT2D eigenvalue weighted by atomic mass is 10.1. The third-order valence-electron chi connectivity index (χ3n) is 4.12. The predicted octanol–water partition coefficient (Wildman–Crippen LogP) is 3.61. The lowest BCUT2D eigenvalue weighted by molar-refractivity contribution is 0.601. The molecule has 0 fully saturated rings. The topological polar surface area (TPSA) is 110 Å². The van der Waals surface area contributed by atoms with Crippen molar-refractivity contribution in [1.82, 2.24) is 9.97 Å². The third kappa shape index (κ3) is 6.57. The van der Waals surface area contributed by atoms with Gasteiger partial charge in [-0.25, -0.2) is 18.4 Å². The molecule has 0 saturated carbocycles. The van der Waals surface area contributed by atoms with Crippen LogP contribution in [0.5, 0.6) is 0 Å². The van der Waals surface area contributed by atoms with Crippen LogP contribution in [0.3, 0.4) is 0 Å². The second-order valence-corrected chi connectivity index (χ2v) is 9.71. The molecule has 2 aromatic carbocycles. The van der Waals surface area contributed by atoms with Gasteiger partial charge >= 0.3 is 0 Å². The second kappa shape index (κ2) is 9.73. The molecule has 0 aliphatic carbocycles. The molecule has 3 N–H and O–H groups in total. The van der Waals surface area contributed by atoms with Crippen LogP contribution >= 0.6 is 11.8 Å². The first-order valence-electron chi connectivity index (χ1n) is 9.11. The van der Waals surface area contributed by atoms with E-state index in [0.29, 0.717) is 23.1 Å². The van der Waals surface area contributed by atoms with Crippen molar-refractivity contribution >= 4 is 38.3 Å². The molecule has 0 aliphatic rings. The van der Waals surface area contributed by atoms with Crippen molar-refractivity contribution in [1.29, 1.82) is 0 Å². The van der Waals surface area contributed by atoms with E-state index in [1.807, 2.05) is 54.8 Å². The number of amidine groups is 1. The summed E-state index contributed by atoms with van der Waals surface area (Å²) in [5, 5.41) is 3.72. The first-order chi connectivity index (χ1) is 14.3. The van der Waals surface area contributed by atoms with Crippen molar-refractivity contribution < 1.29 is 8.42 Å². The Hall–Kier alpha value is -2.91. The Morgan fingerprint density at radius 3 is 2.53 bits per heavy atom. The molecule has 0 atom stereocenters. The first kappa shape index (κ1) is 21.8. The van der Waals surface area contributed by atoms with Gasteiger partial charge in [-0.05, 0) is 29.5 Å². The monoisotopic (exact) mass is 441 g/mol. The number of nitrogens with one attached hydrogen (secondary N) is 1. The number of benzene rings is 2. The van der Waals surface area contributed by atoms with Crippen molar-refractivity contribution in [3.05, 3.63) is 72.1 Å². The molecule has 0 bridgehead atoms. The quantitative estimate of drug-likeness (QED) is 0.426. The highest BCUT2D eigenvalue weighted by atomic mass is 32.2. The Balaban J connectivity index is 1.91. The number of hydrogen-bond donors (Lipinski definition) is 2. The Kier molecular flexibility index (Phi) is 7.07. The Bertz CT molecular complexity index is 1150. The number of nitrogens with two attached hydrogens (primary N) is 1. The van der Waals surface area contributed by atoms with Crippen LogP contribution in [0.2, 0.25) is 0 Å². The molecule has 156 valence electrons. The molecule has 0 aliphatic heterocycles. The van der Waals surface area contributed by atoms with Gasteiger partial charge in [-0.15, -0.1) is 0 Å². The summed E-state index contributed by atoms with van der Waals surface area (Å²) < 4.78 is 23.6. The van der Waals surface area contributed by atoms with E-state index in [1.165, 1.54) is 24.3 Å². The fourth-order valence-corrected chi connectivity index (χ4v) is 3.85. The van der Waals surface area contributed by atoms with Crippen molar-refractivity contribution in [2.75, 3.05) is 17.8 Å². The van der Waals surface area contributed by atoms with E-state index in [9.17, 15) is 8.42 Å². The maximum atomic E-state index is 11.8. The van der Waals surface area contributed by atoms with Crippen LogP contribution in [-0.2, 0) is 22.1 Å². The molecule has 0 unspecified atom stereocenters. The summed E-state index contributed by atoms with van der Waals surface area (Å²) in [4.78, 5) is 12.9. The van der Waals surface area contributed by atoms with Gasteiger partial charge in [-0.1, -0.05) is 48.2 Å². The minimum absolute atomic E-state index is 0.0592. The average Bonchev–Trinajstić information content (AvgIpc) is 2.71. The SMILES string of the molecule is CSC(N)=NCc1cc(CS(C)(=O)=O)cc(Nc2cc(-c3ccccc3)ncn2)c1. The third-order valence-corrected chi connectivity index (χ3v) is 5.52. The van der Waals surface area contributed by atoms with E-state index in [1.54, 1.807) is 6.07 Å². The van der Waals surface area contributed by atoms with Gasteiger partial charge in [0.2, 0.25) is 0 Å². The van der Waals surface area contributed by atoms with Crippen LogP contribution in [-0.4, -0.2) is 36.1 Å². The number of aliphatic imine (C=N–C) groups is 1. The highest BCUT2D eigenvalue weighted by Crippen LogP contribution is 2.23. The summed E-state index contributed by atoms with van der Waals surface area (Å²) in [6, 6.07) is 17.2. The van der Waals surface area contributed by atoms with Gasteiger partial charge in [0.25, 0.3) is 0 Å². The molecule has 30 heavy (non-hydrogen) atoms. The smallest absolute Gasteiger partial charge is 0.153 e. The largest absolute Gasteiger partial charge is 0.379 e. The van der Waals surface area contributed by atoms with E-state index in [2.05, 4.69) is 20.3 Å². The number of sulfone groups is 1. The summed E-state index contributed by atoms with van der Waals surface area (Å²) >= 11 is 1.36. The average molecular weight is 442 g/mol. The molecule has 3 rings (SSSR count). The van der Waals surface area contributed by atoms with Crippen LogP contribution in [0.25, 0.3) is 11.3 Å². The highest BCUT2D eigenvalue weighted by Gasteiger charge is 2.09. The fraction of sp³-hybridized carbons (Fsp3) is 0.190.